The number of methoxy groups -OCH3 is 1. The fourth-order valence-electron chi connectivity index (χ4n) is 3.60. The number of anilines is 1. The molecule has 2 aromatic carbocycles. The topological polar surface area (TPSA) is 93.5 Å². The highest BCUT2D eigenvalue weighted by atomic mass is 32.2. The summed E-state index contributed by atoms with van der Waals surface area (Å²) in [5, 5.41) is 7.37. The lowest BCUT2D eigenvalue weighted by Gasteiger charge is -2.22. The van der Waals surface area contributed by atoms with E-state index in [1.54, 1.807) is 10.7 Å². The van der Waals surface area contributed by atoms with Gasteiger partial charge in [0.05, 0.1) is 35.0 Å². The molecular formula is C26H31F3N4O4S. The van der Waals surface area contributed by atoms with Crippen molar-refractivity contribution in [3.05, 3.63) is 71.4 Å². The number of aromatic nitrogens is 2. The molecule has 8 nitrogen and oxygen atoms in total. The maximum atomic E-state index is 13.3. The first-order valence-electron chi connectivity index (χ1n) is 11.8. The molecule has 1 aromatic heterocycles. The SMILES string of the molecule is COCCN(CC(=O)Nc1cc(C(C)(C)C)nn1-c1cccc(C)c1)S(=O)(=O)c1cccc(C(F)(F)F)c1. The highest BCUT2D eigenvalue weighted by molar-refractivity contribution is 7.89. The third kappa shape index (κ3) is 7.00. The minimum atomic E-state index is -4.72. The second-order valence-corrected chi connectivity index (χ2v) is 11.8. The van der Waals surface area contributed by atoms with Crippen molar-refractivity contribution in [1.82, 2.24) is 14.1 Å². The Morgan fingerprint density at radius 1 is 1.08 bits per heavy atom. The van der Waals surface area contributed by atoms with Crippen LogP contribution >= 0.6 is 0 Å². The Labute approximate surface area is 220 Å². The predicted octanol–water partition coefficient (Wildman–Crippen LogP) is 4.77. The summed E-state index contributed by atoms with van der Waals surface area (Å²) in [5.74, 6) is -0.361. The van der Waals surface area contributed by atoms with Crippen LogP contribution in [0.15, 0.2) is 59.5 Å². The van der Waals surface area contributed by atoms with Crippen LogP contribution in [-0.2, 0) is 31.1 Å². The van der Waals surface area contributed by atoms with Crippen LogP contribution in [-0.4, -0.2) is 55.2 Å². The lowest BCUT2D eigenvalue weighted by atomic mass is 9.92. The second kappa shape index (κ2) is 11.3. The predicted molar refractivity (Wildman–Crippen MR) is 138 cm³/mol. The number of hydrogen-bond donors (Lipinski definition) is 1. The lowest BCUT2D eigenvalue weighted by Crippen LogP contribution is -2.40. The van der Waals surface area contributed by atoms with Crippen molar-refractivity contribution in [2.45, 2.75) is 44.2 Å². The van der Waals surface area contributed by atoms with E-state index in [1.807, 2.05) is 52.0 Å². The van der Waals surface area contributed by atoms with Gasteiger partial charge >= 0.3 is 6.18 Å². The first kappa shape index (κ1) is 29.3. The van der Waals surface area contributed by atoms with Gasteiger partial charge in [0.1, 0.15) is 5.82 Å². The maximum Gasteiger partial charge on any atom is 0.416 e. The molecule has 0 aliphatic heterocycles. The number of carbonyl (C=O) groups excluding carboxylic acids is 1. The molecule has 0 fully saturated rings. The molecule has 12 heteroatoms. The maximum absolute atomic E-state index is 13.3. The molecule has 0 bridgehead atoms. The third-order valence-corrected chi connectivity index (χ3v) is 7.50. The Kier molecular flexibility index (Phi) is 8.69. The van der Waals surface area contributed by atoms with E-state index >= 15 is 0 Å². The number of hydrogen-bond acceptors (Lipinski definition) is 5. The van der Waals surface area contributed by atoms with Crippen LogP contribution in [0, 0.1) is 6.92 Å². The number of halogens is 3. The van der Waals surface area contributed by atoms with Gasteiger partial charge in [-0.25, -0.2) is 13.1 Å². The van der Waals surface area contributed by atoms with Crippen molar-refractivity contribution in [2.75, 3.05) is 32.1 Å². The van der Waals surface area contributed by atoms with Gasteiger partial charge in [0.25, 0.3) is 0 Å². The van der Waals surface area contributed by atoms with Gasteiger partial charge in [0.2, 0.25) is 15.9 Å². The average Bonchev–Trinajstić information content (AvgIpc) is 3.25. The van der Waals surface area contributed by atoms with Gasteiger partial charge in [0.15, 0.2) is 0 Å². The largest absolute Gasteiger partial charge is 0.416 e. The molecule has 0 radical (unpaired) electrons. The number of aryl methyl sites for hydroxylation is 1. The Hall–Kier alpha value is -3.22. The van der Waals surface area contributed by atoms with Gasteiger partial charge < -0.3 is 10.1 Å². The number of nitrogens with zero attached hydrogens (tertiary/aromatic N) is 3. The van der Waals surface area contributed by atoms with E-state index in [-0.39, 0.29) is 18.6 Å². The Balaban J connectivity index is 1.93. The molecule has 206 valence electrons. The molecule has 0 saturated carbocycles. The van der Waals surface area contributed by atoms with Crippen LogP contribution in [0.3, 0.4) is 0 Å². The summed E-state index contributed by atoms with van der Waals surface area (Å²) < 4.78 is 73.5. The molecule has 0 unspecified atom stereocenters. The number of alkyl halides is 3. The molecule has 1 heterocycles. The minimum Gasteiger partial charge on any atom is -0.383 e. The molecule has 0 spiro atoms. The van der Waals surface area contributed by atoms with Gasteiger partial charge in [-0.15, -0.1) is 0 Å². The lowest BCUT2D eigenvalue weighted by molar-refractivity contribution is -0.137. The Bertz CT molecular complexity index is 1400. The molecular weight excluding hydrogens is 521 g/mol. The average molecular weight is 553 g/mol. The number of carbonyl (C=O) groups is 1. The number of ether oxygens (including phenoxy) is 1. The van der Waals surface area contributed by atoms with Crippen molar-refractivity contribution in [1.29, 1.82) is 0 Å². The molecule has 1 amide bonds. The summed E-state index contributed by atoms with van der Waals surface area (Å²) in [5.41, 5.74) is 0.925. The zero-order chi connectivity index (χ0) is 28.3. The van der Waals surface area contributed by atoms with Gasteiger partial charge in [0, 0.05) is 25.1 Å². The first-order chi connectivity index (χ1) is 17.6. The van der Waals surface area contributed by atoms with Gasteiger partial charge in [-0.05, 0) is 42.8 Å². The molecule has 0 aliphatic carbocycles. The summed E-state index contributed by atoms with van der Waals surface area (Å²) in [7, 11) is -3.11. The van der Waals surface area contributed by atoms with Crippen LogP contribution < -0.4 is 5.32 Å². The fourth-order valence-corrected chi connectivity index (χ4v) is 5.02. The fraction of sp³-hybridized carbons (Fsp3) is 0.385. The minimum absolute atomic E-state index is 0.0686. The molecule has 3 rings (SSSR count). The molecule has 3 aromatic rings. The van der Waals surface area contributed by atoms with Gasteiger partial charge in [-0.3, -0.25) is 4.79 Å². The van der Waals surface area contributed by atoms with Crippen molar-refractivity contribution in [3.63, 3.8) is 0 Å². The zero-order valence-corrected chi connectivity index (χ0v) is 22.7. The molecule has 0 saturated heterocycles. The van der Waals surface area contributed by atoms with E-state index < -0.39 is 39.1 Å². The normalized spacial score (nSPS) is 12.7. The summed E-state index contributed by atoms with van der Waals surface area (Å²) in [6, 6.07) is 12.6. The van der Waals surface area contributed by atoms with Crippen LogP contribution in [0.4, 0.5) is 19.0 Å². The van der Waals surface area contributed by atoms with Crippen molar-refractivity contribution >= 4 is 21.7 Å². The van der Waals surface area contributed by atoms with Gasteiger partial charge in [-0.2, -0.15) is 22.6 Å². The highest BCUT2D eigenvalue weighted by Crippen LogP contribution is 2.31. The summed E-state index contributed by atoms with van der Waals surface area (Å²) >= 11 is 0. The van der Waals surface area contributed by atoms with Crippen LogP contribution in [0.5, 0.6) is 0 Å². The monoisotopic (exact) mass is 552 g/mol. The molecule has 38 heavy (non-hydrogen) atoms. The number of nitrogens with one attached hydrogen (secondary N) is 1. The summed E-state index contributed by atoms with van der Waals surface area (Å²) in [6.45, 7) is 6.86. The van der Waals surface area contributed by atoms with E-state index in [9.17, 15) is 26.4 Å². The quantitative estimate of drug-likeness (QED) is 0.413. The smallest absolute Gasteiger partial charge is 0.383 e. The third-order valence-electron chi connectivity index (χ3n) is 5.66. The van der Waals surface area contributed by atoms with Crippen molar-refractivity contribution in [2.24, 2.45) is 0 Å². The number of benzene rings is 2. The number of amides is 1. The van der Waals surface area contributed by atoms with Crippen LogP contribution in [0.1, 0.15) is 37.6 Å². The van der Waals surface area contributed by atoms with E-state index in [1.165, 1.54) is 7.11 Å². The highest BCUT2D eigenvalue weighted by Gasteiger charge is 2.33. The van der Waals surface area contributed by atoms with E-state index in [4.69, 9.17) is 4.74 Å². The molecule has 1 N–H and O–H groups in total. The second-order valence-electron chi connectivity index (χ2n) is 9.82. The van der Waals surface area contributed by atoms with E-state index in [0.29, 0.717) is 23.3 Å². The summed E-state index contributed by atoms with van der Waals surface area (Å²) in [6.07, 6.45) is -4.72. The zero-order valence-electron chi connectivity index (χ0n) is 21.8. The van der Waals surface area contributed by atoms with E-state index in [0.717, 1.165) is 28.1 Å². The van der Waals surface area contributed by atoms with Gasteiger partial charge in [-0.1, -0.05) is 39.0 Å². The molecule has 0 aliphatic rings. The number of rotatable bonds is 9. The molecule has 0 atom stereocenters. The van der Waals surface area contributed by atoms with Crippen LogP contribution in [0.2, 0.25) is 0 Å². The van der Waals surface area contributed by atoms with Crippen molar-refractivity contribution < 1.29 is 31.1 Å². The van der Waals surface area contributed by atoms with E-state index in [2.05, 4.69) is 10.4 Å². The van der Waals surface area contributed by atoms with Crippen LogP contribution in [0.25, 0.3) is 5.69 Å². The standard InChI is InChI=1S/C26H31F3N4O4S/c1-18-8-6-10-20(14-18)33-23(16-22(31-33)25(2,3)4)30-24(34)17-32(12-13-37-5)38(35,36)21-11-7-9-19(15-21)26(27,28)29/h6-11,14-16H,12-13,17H2,1-5H3,(H,30,34). The van der Waals surface area contributed by atoms with Crippen molar-refractivity contribution in [3.8, 4) is 5.69 Å². The Morgan fingerprint density at radius 2 is 1.76 bits per heavy atom. The number of sulfonamides is 1. The summed E-state index contributed by atoms with van der Waals surface area (Å²) in [4.78, 5) is 12.5. The first-order valence-corrected chi connectivity index (χ1v) is 13.2. The Morgan fingerprint density at radius 3 is 2.37 bits per heavy atom.